The van der Waals surface area contributed by atoms with Crippen molar-refractivity contribution in [3.8, 4) is 5.75 Å². The van der Waals surface area contributed by atoms with E-state index in [-0.39, 0.29) is 0 Å². The Kier molecular flexibility index (Phi) is 4.28. The lowest BCUT2D eigenvalue weighted by Gasteiger charge is -2.27. The van der Waals surface area contributed by atoms with E-state index in [0.717, 1.165) is 13.1 Å². The predicted octanol–water partition coefficient (Wildman–Crippen LogP) is 1.63. The Balaban J connectivity index is 2.22. The summed E-state index contributed by atoms with van der Waals surface area (Å²) in [5.41, 5.74) is 6.61. The molecule has 0 atom stereocenters. The lowest BCUT2D eigenvalue weighted by Crippen LogP contribution is -2.44. The Bertz CT molecular complexity index is 445. The molecular weight excluding hydrogens is 254 g/mol. The number of ether oxygens (including phenoxy) is 2. The lowest BCUT2D eigenvalue weighted by atomic mass is 10.3. The Morgan fingerprint density at radius 3 is 2.83 bits per heavy atom. The third-order valence-electron chi connectivity index (χ3n) is 2.71. The summed E-state index contributed by atoms with van der Waals surface area (Å²) < 4.78 is 10.5. The van der Waals surface area contributed by atoms with Gasteiger partial charge in [-0.1, -0.05) is 11.6 Å². The van der Waals surface area contributed by atoms with E-state index in [0.29, 0.717) is 35.6 Å². The van der Waals surface area contributed by atoms with Crippen molar-refractivity contribution in [2.75, 3.05) is 33.4 Å². The van der Waals surface area contributed by atoms with Crippen LogP contribution in [0, 0.1) is 0 Å². The van der Waals surface area contributed by atoms with Crippen LogP contribution < -0.4 is 10.5 Å². The largest absolute Gasteiger partial charge is 0.494 e. The zero-order chi connectivity index (χ0) is 13.0. The van der Waals surface area contributed by atoms with Crippen molar-refractivity contribution in [2.45, 2.75) is 0 Å². The van der Waals surface area contributed by atoms with Gasteiger partial charge in [0.2, 0.25) is 0 Å². The van der Waals surface area contributed by atoms with E-state index in [1.165, 1.54) is 0 Å². The first-order chi connectivity index (χ1) is 8.70. The molecule has 2 rings (SSSR count). The van der Waals surface area contributed by atoms with Crippen LogP contribution in [0.3, 0.4) is 0 Å². The van der Waals surface area contributed by atoms with Gasteiger partial charge in [0, 0.05) is 18.1 Å². The Hall–Kier alpha value is -1.46. The Morgan fingerprint density at radius 2 is 2.17 bits per heavy atom. The molecule has 0 bridgehead atoms. The van der Waals surface area contributed by atoms with Gasteiger partial charge in [-0.05, 0) is 18.2 Å². The highest BCUT2D eigenvalue weighted by Gasteiger charge is 2.13. The Morgan fingerprint density at radius 1 is 1.44 bits per heavy atom. The summed E-state index contributed by atoms with van der Waals surface area (Å²) in [5.74, 6) is 1.11. The molecule has 6 heteroatoms. The summed E-state index contributed by atoms with van der Waals surface area (Å²) in [5, 5.41) is 0.601. The van der Waals surface area contributed by atoms with E-state index in [4.69, 9.17) is 26.8 Å². The van der Waals surface area contributed by atoms with Crippen molar-refractivity contribution in [3.63, 3.8) is 0 Å². The molecule has 1 aliphatic rings. The molecule has 0 saturated carbocycles. The first kappa shape index (κ1) is 13.0. The highest BCUT2D eigenvalue weighted by Crippen LogP contribution is 2.30. The summed E-state index contributed by atoms with van der Waals surface area (Å²) >= 11 is 5.94. The molecule has 1 fully saturated rings. The molecule has 0 amide bonds. The minimum Gasteiger partial charge on any atom is -0.494 e. The molecular formula is C12H16ClN3O2. The number of morpholine rings is 1. The zero-order valence-electron chi connectivity index (χ0n) is 10.2. The molecule has 0 spiro atoms. The van der Waals surface area contributed by atoms with Crippen LogP contribution in [0.15, 0.2) is 23.2 Å². The predicted molar refractivity (Wildman–Crippen MR) is 71.7 cm³/mol. The number of methoxy groups -OCH3 is 1. The molecule has 0 unspecified atom stereocenters. The monoisotopic (exact) mass is 269 g/mol. The van der Waals surface area contributed by atoms with Crippen molar-refractivity contribution >= 4 is 23.2 Å². The summed E-state index contributed by atoms with van der Waals surface area (Å²) in [6.45, 7) is 2.84. The SMILES string of the molecule is COc1ccc(Cl)cc1N=C(N)N1CCOCC1. The van der Waals surface area contributed by atoms with Crippen molar-refractivity contribution in [3.05, 3.63) is 23.2 Å². The number of rotatable bonds is 2. The number of aliphatic imine (C=N–C) groups is 1. The molecule has 1 aromatic carbocycles. The third kappa shape index (κ3) is 3.05. The second-order valence-corrected chi connectivity index (χ2v) is 4.32. The smallest absolute Gasteiger partial charge is 0.196 e. The fourth-order valence-corrected chi connectivity index (χ4v) is 1.90. The molecule has 0 aromatic heterocycles. The van der Waals surface area contributed by atoms with Gasteiger partial charge in [-0.3, -0.25) is 0 Å². The molecule has 98 valence electrons. The number of hydrogen-bond donors (Lipinski definition) is 1. The zero-order valence-corrected chi connectivity index (χ0v) is 11.0. The van der Waals surface area contributed by atoms with E-state index in [2.05, 4.69) is 4.99 Å². The lowest BCUT2D eigenvalue weighted by molar-refractivity contribution is 0.0675. The Labute approximate surface area is 111 Å². The number of nitrogens with two attached hydrogens (primary N) is 1. The maximum absolute atomic E-state index is 5.98. The van der Waals surface area contributed by atoms with Crippen molar-refractivity contribution in [2.24, 2.45) is 10.7 Å². The van der Waals surface area contributed by atoms with E-state index < -0.39 is 0 Å². The van der Waals surface area contributed by atoms with Crippen LogP contribution in [0.5, 0.6) is 5.75 Å². The molecule has 1 aromatic rings. The molecule has 1 heterocycles. The van der Waals surface area contributed by atoms with Crippen LogP contribution in [0.25, 0.3) is 0 Å². The van der Waals surface area contributed by atoms with Gasteiger partial charge in [-0.15, -0.1) is 0 Å². The number of halogens is 1. The molecule has 18 heavy (non-hydrogen) atoms. The summed E-state index contributed by atoms with van der Waals surface area (Å²) in [6.07, 6.45) is 0. The van der Waals surface area contributed by atoms with E-state index in [1.54, 1.807) is 25.3 Å². The topological polar surface area (TPSA) is 60.1 Å². The second-order valence-electron chi connectivity index (χ2n) is 3.89. The quantitative estimate of drug-likeness (QED) is 0.655. The molecule has 5 nitrogen and oxygen atoms in total. The number of hydrogen-bond acceptors (Lipinski definition) is 3. The molecule has 1 aliphatic heterocycles. The van der Waals surface area contributed by atoms with E-state index in [9.17, 15) is 0 Å². The van der Waals surface area contributed by atoms with Gasteiger partial charge < -0.3 is 20.1 Å². The van der Waals surface area contributed by atoms with Crippen molar-refractivity contribution in [1.29, 1.82) is 0 Å². The maximum Gasteiger partial charge on any atom is 0.196 e. The van der Waals surface area contributed by atoms with Gasteiger partial charge in [0.05, 0.1) is 20.3 Å². The second kappa shape index (κ2) is 5.93. The normalized spacial score (nSPS) is 16.8. The average molecular weight is 270 g/mol. The van der Waals surface area contributed by atoms with Crippen molar-refractivity contribution < 1.29 is 9.47 Å². The van der Waals surface area contributed by atoms with Gasteiger partial charge in [0.1, 0.15) is 11.4 Å². The van der Waals surface area contributed by atoms with Gasteiger partial charge in [0.15, 0.2) is 5.96 Å². The van der Waals surface area contributed by atoms with E-state index >= 15 is 0 Å². The molecule has 0 aliphatic carbocycles. The number of nitrogens with zero attached hydrogens (tertiary/aromatic N) is 2. The first-order valence-electron chi connectivity index (χ1n) is 5.71. The highest BCUT2D eigenvalue weighted by molar-refractivity contribution is 6.30. The highest BCUT2D eigenvalue weighted by atomic mass is 35.5. The third-order valence-corrected chi connectivity index (χ3v) is 2.95. The average Bonchev–Trinajstić information content (AvgIpc) is 2.40. The standard InChI is InChI=1S/C12H16ClN3O2/c1-17-11-3-2-9(13)8-10(11)15-12(14)16-4-6-18-7-5-16/h2-3,8H,4-7H2,1H3,(H2,14,15). The van der Waals surface area contributed by atoms with Crippen molar-refractivity contribution in [1.82, 2.24) is 4.90 Å². The van der Waals surface area contributed by atoms with Gasteiger partial charge in [0.25, 0.3) is 0 Å². The van der Waals surface area contributed by atoms with Crippen LogP contribution in [-0.2, 0) is 4.74 Å². The van der Waals surface area contributed by atoms with Gasteiger partial charge in [-0.25, -0.2) is 4.99 Å². The maximum atomic E-state index is 5.98. The fraction of sp³-hybridized carbons (Fsp3) is 0.417. The van der Waals surface area contributed by atoms with Gasteiger partial charge >= 0.3 is 0 Å². The minimum absolute atomic E-state index is 0.457. The summed E-state index contributed by atoms with van der Waals surface area (Å²) in [6, 6.07) is 5.26. The summed E-state index contributed by atoms with van der Waals surface area (Å²) in [4.78, 5) is 6.35. The van der Waals surface area contributed by atoms with Gasteiger partial charge in [-0.2, -0.15) is 0 Å². The molecule has 1 saturated heterocycles. The van der Waals surface area contributed by atoms with Crippen LogP contribution in [0.4, 0.5) is 5.69 Å². The van der Waals surface area contributed by atoms with Crippen LogP contribution >= 0.6 is 11.6 Å². The molecule has 0 radical (unpaired) electrons. The first-order valence-corrected chi connectivity index (χ1v) is 6.09. The number of benzene rings is 1. The van der Waals surface area contributed by atoms with Crippen LogP contribution in [-0.4, -0.2) is 44.3 Å². The molecule has 2 N–H and O–H groups in total. The fourth-order valence-electron chi connectivity index (χ4n) is 1.74. The van der Waals surface area contributed by atoms with Crippen LogP contribution in [0.1, 0.15) is 0 Å². The number of guanidine groups is 1. The minimum atomic E-state index is 0.457. The summed E-state index contributed by atoms with van der Waals surface area (Å²) in [7, 11) is 1.59. The van der Waals surface area contributed by atoms with E-state index in [1.807, 2.05) is 4.90 Å². The van der Waals surface area contributed by atoms with Crippen LogP contribution in [0.2, 0.25) is 5.02 Å².